The normalized spacial score (nSPS) is 12.7. The van der Waals surface area contributed by atoms with Crippen molar-refractivity contribution in [3.8, 4) is 11.3 Å². The summed E-state index contributed by atoms with van der Waals surface area (Å²) in [5, 5.41) is 0. The van der Waals surface area contributed by atoms with E-state index < -0.39 is 0 Å². The number of rotatable bonds is 6. The topological polar surface area (TPSA) is 64.2 Å². The number of aliphatic imine (C=N–C) groups is 1. The molecular formula is C21H28N4. The van der Waals surface area contributed by atoms with Crippen LogP contribution in [0.4, 0.5) is 0 Å². The maximum absolute atomic E-state index is 5.85. The third-order valence-electron chi connectivity index (χ3n) is 4.31. The number of aromatic nitrogens is 2. The van der Waals surface area contributed by atoms with Gasteiger partial charge >= 0.3 is 0 Å². The van der Waals surface area contributed by atoms with Crippen LogP contribution in [0, 0.1) is 6.92 Å². The van der Waals surface area contributed by atoms with Crippen molar-refractivity contribution >= 4 is 5.71 Å². The van der Waals surface area contributed by atoms with Crippen molar-refractivity contribution in [2.45, 2.75) is 47.0 Å². The summed E-state index contributed by atoms with van der Waals surface area (Å²) >= 11 is 0. The zero-order chi connectivity index (χ0) is 18.4. The number of benzene rings is 1. The van der Waals surface area contributed by atoms with Gasteiger partial charge in [-0.3, -0.25) is 4.99 Å². The molecule has 0 saturated heterocycles. The van der Waals surface area contributed by atoms with Crippen LogP contribution in [0.1, 0.15) is 50.3 Å². The molecule has 0 aliphatic heterocycles. The quantitative estimate of drug-likeness (QED) is 0.793. The van der Waals surface area contributed by atoms with Crippen molar-refractivity contribution in [1.82, 2.24) is 9.97 Å². The molecule has 0 radical (unpaired) electrons. The van der Waals surface area contributed by atoms with Gasteiger partial charge in [-0.15, -0.1) is 0 Å². The lowest BCUT2D eigenvalue weighted by Gasteiger charge is -2.16. The van der Waals surface area contributed by atoms with Gasteiger partial charge in [0.05, 0.1) is 5.69 Å². The molecule has 2 rings (SSSR count). The van der Waals surface area contributed by atoms with Crippen molar-refractivity contribution in [2.75, 3.05) is 6.54 Å². The van der Waals surface area contributed by atoms with Gasteiger partial charge in [0.2, 0.25) is 0 Å². The highest BCUT2D eigenvalue weighted by atomic mass is 14.8. The molecule has 132 valence electrons. The molecule has 1 aromatic carbocycles. The molecule has 1 aromatic heterocycles. The van der Waals surface area contributed by atoms with Crippen LogP contribution in [0.3, 0.4) is 0 Å². The number of hydrogen-bond donors (Lipinski definition) is 1. The summed E-state index contributed by atoms with van der Waals surface area (Å²) in [5.41, 5.74) is 13.6. The van der Waals surface area contributed by atoms with E-state index >= 15 is 0 Å². The van der Waals surface area contributed by atoms with Gasteiger partial charge in [0, 0.05) is 36.0 Å². The molecule has 25 heavy (non-hydrogen) atoms. The Hall–Kier alpha value is -2.49. The van der Waals surface area contributed by atoms with E-state index in [0.717, 1.165) is 29.1 Å². The minimum absolute atomic E-state index is 0.422. The van der Waals surface area contributed by atoms with Gasteiger partial charge in [0.15, 0.2) is 0 Å². The number of aryl methyl sites for hydroxylation is 1. The molecule has 0 bridgehead atoms. The van der Waals surface area contributed by atoms with E-state index in [1.165, 1.54) is 16.7 Å². The molecule has 0 fully saturated rings. The summed E-state index contributed by atoms with van der Waals surface area (Å²) in [6, 6.07) is 6.54. The third-order valence-corrected chi connectivity index (χ3v) is 4.31. The molecule has 1 heterocycles. The lowest BCUT2D eigenvalue weighted by atomic mass is 9.90. The Labute approximate surface area is 150 Å². The second kappa shape index (κ2) is 8.56. The average Bonchev–Trinajstić information content (AvgIpc) is 2.60. The maximum Gasteiger partial charge on any atom is 0.116 e. The maximum atomic E-state index is 5.85. The first-order valence-corrected chi connectivity index (χ1v) is 8.79. The highest BCUT2D eigenvalue weighted by Gasteiger charge is 2.15. The molecule has 0 unspecified atom stereocenters. The van der Waals surface area contributed by atoms with Crippen LogP contribution in [0.15, 0.2) is 47.5 Å². The Kier molecular flexibility index (Phi) is 6.45. The highest BCUT2D eigenvalue weighted by molar-refractivity contribution is 5.98. The van der Waals surface area contributed by atoms with E-state index in [4.69, 9.17) is 5.73 Å². The van der Waals surface area contributed by atoms with Crippen molar-refractivity contribution in [3.05, 3.63) is 59.2 Å². The van der Waals surface area contributed by atoms with E-state index in [1.807, 2.05) is 20.0 Å². The lowest BCUT2D eigenvalue weighted by Crippen LogP contribution is -2.07. The summed E-state index contributed by atoms with van der Waals surface area (Å²) in [5.74, 6) is 0.422. The molecule has 0 atom stereocenters. The van der Waals surface area contributed by atoms with Gasteiger partial charge < -0.3 is 5.73 Å². The number of hydrogen-bond acceptors (Lipinski definition) is 4. The first kappa shape index (κ1) is 18.8. The number of nitrogens with two attached hydrogens (primary N) is 1. The van der Waals surface area contributed by atoms with Gasteiger partial charge in [0.1, 0.15) is 6.33 Å². The molecule has 4 nitrogen and oxygen atoms in total. The molecule has 0 aliphatic carbocycles. The molecule has 0 saturated carbocycles. The Balaban J connectivity index is 2.51. The van der Waals surface area contributed by atoms with E-state index in [-0.39, 0.29) is 0 Å². The second-order valence-electron chi connectivity index (χ2n) is 6.57. The van der Waals surface area contributed by atoms with Crippen LogP contribution in [-0.2, 0) is 6.42 Å². The zero-order valence-electron chi connectivity index (χ0n) is 15.9. The Bertz CT molecular complexity index is 788. The van der Waals surface area contributed by atoms with E-state index in [1.54, 1.807) is 12.5 Å². The molecule has 4 heteroatoms. The largest absolute Gasteiger partial charge is 0.404 e. The van der Waals surface area contributed by atoms with Crippen molar-refractivity contribution < 1.29 is 0 Å². The second-order valence-corrected chi connectivity index (χ2v) is 6.57. The summed E-state index contributed by atoms with van der Waals surface area (Å²) < 4.78 is 0. The molecule has 2 aromatic rings. The fourth-order valence-corrected chi connectivity index (χ4v) is 2.96. The Morgan fingerprint density at radius 3 is 2.72 bits per heavy atom. The fourth-order valence-electron chi connectivity index (χ4n) is 2.96. The van der Waals surface area contributed by atoms with Gasteiger partial charge in [-0.05, 0) is 44.0 Å². The van der Waals surface area contributed by atoms with Crippen molar-refractivity contribution in [1.29, 1.82) is 0 Å². The standard InChI is InChI=1S/C21H28N4/c1-6-24-16(5)17(11-22)10-18-12-23-13-25-21(18)19-8-7-15(4)9-20(19)14(2)3/h7-9,11-14H,6,10,22H2,1-5H3. The van der Waals surface area contributed by atoms with Gasteiger partial charge in [0.25, 0.3) is 0 Å². The van der Waals surface area contributed by atoms with E-state index in [0.29, 0.717) is 12.3 Å². The minimum atomic E-state index is 0.422. The van der Waals surface area contributed by atoms with Crippen LogP contribution >= 0.6 is 0 Å². The first-order chi connectivity index (χ1) is 12.0. The lowest BCUT2D eigenvalue weighted by molar-refractivity contribution is 0.865. The van der Waals surface area contributed by atoms with Crippen LogP contribution in [0.2, 0.25) is 0 Å². The monoisotopic (exact) mass is 336 g/mol. The predicted molar refractivity (Wildman–Crippen MR) is 106 cm³/mol. The van der Waals surface area contributed by atoms with Gasteiger partial charge in [-0.1, -0.05) is 37.6 Å². The van der Waals surface area contributed by atoms with Crippen molar-refractivity contribution in [2.24, 2.45) is 10.7 Å². The Morgan fingerprint density at radius 1 is 1.32 bits per heavy atom. The summed E-state index contributed by atoms with van der Waals surface area (Å²) in [4.78, 5) is 13.3. The molecule has 0 aliphatic rings. The van der Waals surface area contributed by atoms with Gasteiger partial charge in [-0.25, -0.2) is 9.97 Å². The molecule has 0 spiro atoms. The Morgan fingerprint density at radius 2 is 2.08 bits per heavy atom. The summed E-state index contributed by atoms with van der Waals surface area (Å²) in [7, 11) is 0. The van der Waals surface area contributed by atoms with Crippen molar-refractivity contribution in [3.63, 3.8) is 0 Å². The van der Waals surface area contributed by atoms with E-state index in [2.05, 4.69) is 53.9 Å². The summed E-state index contributed by atoms with van der Waals surface area (Å²) in [6.07, 6.45) is 5.81. The fraction of sp³-hybridized carbons (Fsp3) is 0.381. The first-order valence-electron chi connectivity index (χ1n) is 8.79. The van der Waals surface area contributed by atoms with E-state index in [9.17, 15) is 0 Å². The minimum Gasteiger partial charge on any atom is -0.404 e. The smallest absolute Gasteiger partial charge is 0.116 e. The number of nitrogens with zero attached hydrogens (tertiary/aromatic N) is 3. The molecule has 2 N–H and O–H groups in total. The average molecular weight is 336 g/mol. The van der Waals surface area contributed by atoms with Crippen LogP contribution in [0.5, 0.6) is 0 Å². The third kappa shape index (κ3) is 4.53. The zero-order valence-corrected chi connectivity index (χ0v) is 15.9. The molecular weight excluding hydrogens is 308 g/mol. The van der Waals surface area contributed by atoms with Crippen LogP contribution in [-0.4, -0.2) is 22.2 Å². The highest BCUT2D eigenvalue weighted by Crippen LogP contribution is 2.31. The predicted octanol–water partition coefficient (Wildman–Crippen LogP) is 4.44. The van der Waals surface area contributed by atoms with Gasteiger partial charge in [-0.2, -0.15) is 0 Å². The SMILES string of the molecule is CCN=C(C)C(=CN)Cc1cncnc1-c1ccc(C)cc1C(C)C. The molecule has 0 amide bonds. The van der Waals surface area contributed by atoms with Crippen LogP contribution in [0.25, 0.3) is 11.3 Å². The summed E-state index contributed by atoms with van der Waals surface area (Å²) in [6.45, 7) is 11.3. The van der Waals surface area contributed by atoms with Crippen LogP contribution < -0.4 is 5.73 Å². The number of allylic oxidation sites excluding steroid dienone is 1.